The third-order valence-electron chi connectivity index (χ3n) is 4.00. The summed E-state index contributed by atoms with van der Waals surface area (Å²) in [6.07, 6.45) is -2.96. The van der Waals surface area contributed by atoms with E-state index >= 15 is 0 Å². The summed E-state index contributed by atoms with van der Waals surface area (Å²) in [5.41, 5.74) is -0.241. The highest BCUT2D eigenvalue weighted by Gasteiger charge is 2.32. The van der Waals surface area contributed by atoms with E-state index in [1.165, 1.54) is 6.07 Å². The van der Waals surface area contributed by atoms with Gasteiger partial charge in [-0.3, -0.25) is 4.79 Å². The number of nitrogens with zero attached hydrogens (tertiary/aromatic N) is 1. The van der Waals surface area contributed by atoms with E-state index in [9.17, 15) is 22.8 Å². The molecule has 0 atom stereocenters. The van der Waals surface area contributed by atoms with Gasteiger partial charge in [-0.15, -0.1) is 13.2 Å². The van der Waals surface area contributed by atoms with Gasteiger partial charge in [-0.1, -0.05) is 0 Å². The SMILES string of the molecule is N#Cc1cc(NC(=O)NC2CCC(C(=O)O)CC2)ccc1OC(F)(F)F. The Morgan fingerprint density at radius 3 is 2.42 bits per heavy atom. The van der Waals surface area contributed by atoms with Gasteiger partial charge in [-0.2, -0.15) is 5.26 Å². The molecule has 0 radical (unpaired) electrons. The predicted octanol–water partition coefficient (Wildman–Crippen LogP) is 3.22. The van der Waals surface area contributed by atoms with Crippen LogP contribution in [0.4, 0.5) is 23.7 Å². The van der Waals surface area contributed by atoms with Crippen molar-refractivity contribution in [3.05, 3.63) is 23.8 Å². The Kier molecular flexibility index (Phi) is 5.92. The summed E-state index contributed by atoms with van der Waals surface area (Å²) >= 11 is 0. The maximum absolute atomic E-state index is 12.3. The smallest absolute Gasteiger partial charge is 0.481 e. The van der Waals surface area contributed by atoms with Gasteiger partial charge in [0.15, 0.2) is 0 Å². The molecular weight excluding hydrogens is 355 g/mol. The van der Waals surface area contributed by atoms with Crippen LogP contribution in [0.2, 0.25) is 0 Å². The molecule has 0 saturated heterocycles. The minimum Gasteiger partial charge on any atom is -0.481 e. The molecule has 10 heteroatoms. The number of aliphatic carboxylic acids is 1. The summed E-state index contributed by atoms with van der Waals surface area (Å²) < 4.78 is 40.5. The lowest BCUT2D eigenvalue weighted by Crippen LogP contribution is -2.41. The number of nitriles is 1. The highest BCUT2D eigenvalue weighted by atomic mass is 19.4. The first kappa shape index (κ1) is 19.4. The number of hydrogen-bond acceptors (Lipinski definition) is 4. The van der Waals surface area contributed by atoms with Gasteiger partial charge >= 0.3 is 18.4 Å². The van der Waals surface area contributed by atoms with E-state index in [2.05, 4.69) is 15.4 Å². The number of hydrogen-bond donors (Lipinski definition) is 3. The molecule has 2 amide bonds. The van der Waals surface area contributed by atoms with Gasteiger partial charge in [-0.25, -0.2) is 4.79 Å². The van der Waals surface area contributed by atoms with E-state index in [0.29, 0.717) is 25.7 Å². The lowest BCUT2D eigenvalue weighted by molar-refractivity contribution is -0.274. The minimum atomic E-state index is -4.92. The molecule has 1 aromatic rings. The number of anilines is 1. The summed E-state index contributed by atoms with van der Waals surface area (Å²) in [7, 11) is 0. The fourth-order valence-electron chi connectivity index (χ4n) is 2.75. The van der Waals surface area contributed by atoms with Gasteiger partial charge in [0.25, 0.3) is 0 Å². The van der Waals surface area contributed by atoms with Gasteiger partial charge in [0.1, 0.15) is 11.8 Å². The molecule has 140 valence electrons. The fourth-order valence-corrected chi connectivity index (χ4v) is 2.75. The highest BCUT2D eigenvalue weighted by Crippen LogP contribution is 2.28. The Morgan fingerprint density at radius 1 is 1.23 bits per heavy atom. The number of rotatable bonds is 4. The summed E-state index contributed by atoms with van der Waals surface area (Å²) in [6, 6.07) is 4.00. The predicted molar refractivity (Wildman–Crippen MR) is 83.4 cm³/mol. The van der Waals surface area contributed by atoms with Crippen LogP contribution in [0.15, 0.2) is 18.2 Å². The Balaban J connectivity index is 1.93. The first-order valence-corrected chi connectivity index (χ1v) is 7.78. The molecule has 7 nitrogen and oxygen atoms in total. The Morgan fingerprint density at radius 2 is 1.88 bits per heavy atom. The molecular formula is C16H16F3N3O4. The number of halogens is 3. The molecule has 1 saturated carbocycles. The van der Waals surface area contributed by atoms with E-state index < -0.39 is 30.0 Å². The monoisotopic (exact) mass is 371 g/mol. The quantitative estimate of drug-likeness (QED) is 0.752. The molecule has 0 bridgehead atoms. The van der Waals surface area contributed by atoms with E-state index in [1.807, 2.05) is 0 Å². The van der Waals surface area contributed by atoms with Crippen LogP contribution in [0.5, 0.6) is 5.75 Å². The summed E-state index contributed by atoms with van der Waals surface area (Å²) in [5, 5.41) is 23.0. The lowest BCUT2D eigenvalue weighted by atomic mass is 9.86. The number of alkyl halides is 3. The van der Waals surface area contributed by atoms with Crippen molar-refractivity contribution in [1.29, 1.82) is 5.26 Å². The number of urea groups is 1. The van der Waals surface area contributed by atoms with Crippen LogP contribution < -0.4 is 15.4 Å². The normalized spacial score (nSPS) is 19.9. The second-order valence-corrected chi connectivity index (χ2v) is 5.86. The van der Waals surface area contributed by atoms with Crippen molar-refractivity contribution >= 4 is 17.7 Å². The zero-order valence-corrected chi connectivity index (χ0v) is 13.5. The average molecular weight is 371 g/mol. The molecule has 0 unspecified atom stereocenters. The van der Waals surface area contributed by atoms with Crippen LogP contribution in [0.25, 0.3) is 0 Å². The molecule has 3 N–H and O–H groups in total. The first-order chi connectivity index (χ1) is 12.2. The average Bonchev–Trinajstić information content (AvgIpc) is 2.55. The Labute approximate surface area is 146 Å². The van der Waals surface area contributed by atoms with Gasteiger partial charge in [0, 0.05) is 11.7 Å². The van der Waals surface area contributed by atoms with Gasteiger partial charge < -0.3 is 20.5 Å². The van der Waals surface area contributed by atoms with Crippen molar-refractivity contribution in [3.63, 3.8) is 0 Å². The third kappa shape index (κ3) is 5.54. The van der Waals surface area contributed by atoms with Gasteiger partial charge in [-0.05, 0) is 43.9 Å². The van der Waals surface area contributed by atoms with Crippen LogP contribution in [-0.4, -0.2) is 29.5 Å². The minimum absolute atomic E-state index is 0.132. The number of amides is 2. The van der Waals surface area contributed by atoms with Crippen molar-refractivity contribution in [2.24, 2.45) is 5.92 Å². The van der Waals surface area contributed by atoms with E-state index in [-0.39, 0.29) is 17.3 Å². The second-order valence-electron chi connectivity index (χ2n) is 5.86. The van der Waals surface area contributed by atoms with Crippen LogP contribution in [-0.2, 0) is 4.79 Å². The molecule has 1 aromatic carbocycles. The zero-order chi connectivity index (χ0) is 19.3. The highest BCUT2D eigenvalue weighted by molar-refractivity contribution is 5.89. The lowest BCUT2D eigenvalue weighted by Gasteiger charge is -2.26. The molecule has 26 heavy (non-hydrogen) atoms. The number of ether oxygens (including phenoxy) is 1. The summed E-state index contributed by atoms with van der Waals surface area (Å²) in [6.45, 7) is 0. The van der Waals surface area contributed by atoms with Gasteiger partial charge in [0.2, 0.25) is 0 Å². The maximum Gasteiger partial charge on any atom is 0.573 e. The largest absolute Gasteiger partial charge is 0.573 e. The second kappa shape index (κ2) is 7.95. The molecule has 1 aliphatic rings. The Bertz CT molecular complexity index is 722. The molecule has 0 heterocycles. The first-order valence-electron chi connectivity index (χ1n) is 7.78. The third-order valence-corrected chi connectivity index (χ3v) is 4.00. The molecule has 0 spiro atoms. The summed E-state index contributed by atoms with van der Waals surface area (Å²) in [5.74, 6) is -1.91. The van der Waals surface area contributed by atoms with Crippen molar-refractivity contribution in [3.8, 4) is 11.8 Å². The molecule has 2 rings (SSSR count). The number of nitrogens with one attached hydrogen (secondary N) is 2. The van der Waals surface area contributed by atoms with Crippen LogP contribution in [0, 0.1) is 17.2 Å². The maximum atomic E-state index is 12.3. The zero-order valence-electron chi connectivity index (χ0n) is 13.5. The molecule has 0 aromatic heterocycles. The number of carbonyl (C=O) groups excluding carboxylic acids is 1. The van der Waals surface area contributed by atoms with E-state index in [0.717, 1.165) is 12.1 Å². The van der Waals surface area contributed by atoms with Gasteiger partial charge in [0.05, 0.1) is 11.5 Å². The van der Waals surface area contributed by atoms with Crippen molar-refractivity contribution in [2.75, 3.05) is 5.32 Å². The van der Waals surface area contributed by atoms with Crippen LogP contribution in [0.1, 0.15) is 31.2 Å². The number of carbonyl (C=O) groups is 2. The fraction of sp³-hybridized carbons (Fsp3) is 0.438. The van der Waals surface area contributed by atoms with E-state index in [1.54, 1.807) is 6.07 Å². The topological polar surface area (TPSA) is 111 Å². The van der Waals surface area contributed by atoms with Crippen LogP contribution >= 0.6 is 0 Å². The van der Waals surface area contributed by atoms with Crippen molar-refractivity contribution < 1.29 is 32.6 Å². The molecule has 1 fully saturated rings. The number of benzene rings is 1. The molecule has 1 aliphatic carbocycles. The van der Waals surface area contributed by atoms with Crippen molar-refractivity contribution in [2.45, 2.75) is 38.1 Å². The van der Waals surface area contributed by atoms with Crippen LogP contribution in [0.3, 0.4) is 0 Å². The number of carboxylic acid groups (broad SMARTS) is 1. The van der Waals surface area contributed by atoms with Crippen molar-refractivity contribution in [1.82, 2.24) is 5.32 Å². The summed E-state index contributed by atoms with van der Waals surface area (Å²) in [4.78, 5) is 22.9. The standard InChI is InChI=1S/C16H16F3N3O4/c17-16(18,19)26-13-6-5-12(7-10(13)8-20)22-15(25)21-11-3-1-9(2-4-11)14(23)24/h5-7,9,11H,1-4H2,(H,23,24)(H2,21,22,25). The Hall–Kier alpha value is -2.96. The van der Waals surface area contributed by atoms with E-state index in [4.69, 9.17) is 10.4 Å². The number of carboxylic acids is 1. The molecule has 0 aliphatic heterocycles.